The Labute approximate surface area is 150 Å². The number of nitrogens with one attached hydrogen (secondary N) is 2. The van der Waals surface area contributed by atoms with Gasteiger partial charge in [-0.3, -0.25) is 14.5 Å². The van der Waals surface area contributed by atoms with Crippen LogP contribution in [0.5, 0.6) is 0 Å². The summed E-state index contributed by atoms with van der Waals surface area (Å²) >= 11 is 0. The molecule has 1 fully saturated rings. The first-order valence-corrected chi connectivity index (χ1v) is 8.51. The maximum Gasteiger partial charge on any atom is 0.326 e. The number of aliphatic carboxylic acids is 1. The van der Waals surface area contributed by atoms with Gasteiger partial charge in [-0.15, -0.1) is 0 Å². The number of carboxylic acid groups (broad SMARTS) is 1. The molecule has 0 radical (unpaired) electrons. The highest BCUT2D eigenvalue weighted by Gasteiger charge is 2.55. The fraction of sp³-hybridized carbons (Fsp3) is 0.444. The fourth-order valence-corrected chi connectivity index (χ4v) is 3.61. The third-order valence-corrected chi connectivity index (χ3v) is 4.97. The SMILES string of the molecule is CC(C)[C@H](NC(=O)CN1C(=O)NC2(CCc3ccccc32)C1=O)C(=O)O. The molecule has 1 aromatic carbocycles. The van der Waals surface area contributed by atoms with Crippen LogP contribution in [-0.2, 0) is 26.3 Å². The third-order valence-electron chi connectivity index (χ3n) is 4.97. The number of benzene rings is 1. The van der Waals surface area contributed by atoms with Crippen molar-refractivity contribution in [1.82, 2.24) is 15.5 Å². The molecule has 0 aromatic heterocycles. The van der Waals surface area contributed by atoms with Crippen molar-refractivity contribution in [1.29, 1.82) is 0 Å². The van der Waals surface area contributed by atoms with Crippen LogP contribution in [0.1, 0.15) is 31.4 Å². The number of carboxylic acids is 1. The number of hydrogen-bond donors (Lipinski definition) is 3. The highest BCUT2D eigenvalue weighted by atomic mass is 16.4. The van der Waals surface area contributed by atoms with Crippen molar-refractivity contribution in [2.75, 3.05) is 6.54 Å². The zero-order valence-electron chi connectivity index (χ0n) is 14.6. The number of rotatable bonds is 5. The van der Waals surface area contributed by atoms with E-state index in [1.807, 2.05) is 18.2 Å². The molecular formula is C18H21N3O5. The van der Waals surface area contributed by atoms with Crippen molar-refractivity contribution in [2.45, 2.75) is 38.3 Å². The van der Waals surface area contributed by atoms with Crippen LogP contribution in [-0.4, -0.2) is 46.4 Å². The van der Waals surface area contributed by atoms with Gasteiger partial charge in [0.05, 0.1) is 0 Å². The van der Waals surface area contributed by atoms with Gasteiger partial charge < -0.3 is 15.7 Å². The van der Waals surface area contributed by atoms with Crippen LogP contribution in [0.4, 0.5) is 4.79 Å². The first-order valence-electron chi connectivity index (χ1n) is 8.51. The molecule has 1 aliphatic heterocycles. The van der Waals surface area contributed by atoms with E-state index in [4.69, 9.17) is 5.11 Å². The smallest absolute Gasteiger partial charge is 0.326 e. The van der Waals surface area contributed by atoms with Gasteiger partial charge in [0.15, 0.2) is 0 Å². The summed E-state index contributed by atoms with van der Waals surface area (Å²) in [5, 5.41) is 14.3. The molecule has 1 saturated heterocycles. The largest absolute Gasteiger partial charge is 0.480 e. The molecule has 138 valence electrons. The average Bonchev–Trinajstić information content (AvgIpc) is 3.06. The van der Waals surface area contributed by atoms with Crippen LogP contribution >= 0.6 is 0 Å². The molecule has 26 heavy (non-hydrogen) atoms. The summed E-state index contributed by atoms with van der Waals surface area (Å²) in [5.41, 5.74) is 0.628. The Morgan fingerprint density at radius 2 is 2.00 bits per heavy atom. The molecule has 2 atom stereocenters. The van der Waals surface area contributed by atoms with Crippen molar-refractivity contribution in [3.05, 3.63) is 35.4 Å². The fourth-order valence-electron chi connectivity index (χ4n) is 3.61. The molecule has 0 saturated carbocycles. The summed E-state index contributed by atoms with van der Waals surface area (Å²) < 4.78 is 0. The summed E-state index contributed by atoms with van der Waals surface area (Å²) in [4.78, 5) is 49.6. The molecular weight excluding hydrogens is 338 g/mol. The number of fused-ring (bicyclic) bond motifs is 2. The van der Waals surface area contributed by atoms with E-state index in [2.05, 4.69) is 10.6 Å². The van der Waals surface area contributed by atoms with Gasteiger partial charge in [-0.2, -0.15) is 0 Å². The number of hydrogen-bond acceptors (Lipinski definition) is 4. The van der Waals surface area contributed by atoms with Crippen LogP contribution in [0.2, 0.25) is 0 Å². The second-order valence-corrected chi connectivity index (χ2v) is 7.01. The van der Waals surface area contributed by atoms with Crippen molar-refractivity contribution in [3.8, 4) is 0 Å². The predicted molar refractivity (Wildman–Crippen MR) is 91.1 cm³/mol. The summed E-state index contributed by atoms with van der Waals surface area (Å²) in [6, 6.07) is 5.69. The van der Waals surface area contributed by atoms with Crippen LogP contribution < -0.4 is 10.6 Å². The zero-order chi connectivity index (χ0) is 19.1. The number of carbonyl (C=O) groups is 4. The number of urea groups is 1. The van der Waals surface area contributed by atoms with Crippen LogP contribution in [0.25, 0.3) is 0 Å². The molecule has 1 heterocycles. The van der Waals surface area contributed by atoms with E-state index in [9.17, 15) is 19.2 Å². The monoisotopic (exact) mass is 359 g/mol. The second-order valence-electron chi connectivity index (χ2n) is 7.01. The topological polar surface area (TPSA) is 116 Å². The summed E-state index contributed by atoms with van der Waals surface area (Å²) in [6.07, 6.45) is 1.11. The number of nitrogens with zero attached hydrogens (tertiary/aromatic N) is 1. The molecule has 8 nitrogen and oxygen atoms in total. The van der Waals surface area contributed by atoms with Gasteiger partial charge in [-0.1, -0.05) is 38.1 Å². The van der Waals surface area contributed by atoms with E-state index >= 15 is 0 Å². The number of amides is 4. The standard InChI is InChI=1S/C18H21N3O5/c1-10(2)14(15(23)24)19-13(22)9-21-16(25)18(20-17(21)26)8-7-11-5-3-4-6-12(11)18/h3-6,10,14H,7-9H2,1-2H3,(H,19,22)(H,20,26)(H,23,24)/t14-,18?/m0/s1. The quantitative estimate of drug-likeness (QED) is 0.666. The summed E-state index contributed by atoms with van der Waals surface area (Å²) in [7, 11) is 0. The molecule has 2 aliphatic rings. The highest BCUT2D eigenvalue weighted by Crippen LogP contribution is 2.41. The lowest BCUT2D eigenvalue weighted by Crippen LogP contribution is -2.49. The molecule has 3 N–H and O–H groups in total. The van der Waals surface area contributed by atoms with Gasteiger partial charge in [0, 0.05) is 0 Å². The normalized spacial score (nSPS) is 22.5. The molecule has 0 bridgehead atoms. The highest BCUT2D eigenvalue weighted by molar-refractivity contribution is 6.10. The minimum absolute atomic E-state index is 0.326. The van der Waals surface area contributed by atoms with E-state index in [1.165, 1.54) is 0 Å². The molecule has 1 aromatic rings. The number of imide groups is 1. The van der Waals surface area contributed by atoms with Gasteiger partial charge in [-0.25, -0.2) is 9.59 Å². The predicted octanol–water partition coefficient (Wildman–Crippen LogP) is 0.605. The van der Waals surface area contributed by atoms with Crippen molar-refractivity contribution in [3.63, 3.8) is 0 Å². The molecule has 1 aliphatic carbocycles. The van der Waals surface area contributed by atoms with E-state index < -0.39 is 41.9 Å². The Hall–Kier alpha value is -2.90. The van der Waals surface area contributed by atoms with Gasteiger partial charge in [0.25, 0.3) is 5.91 Å². The maximum absolute atomic E-state index is 12.9. The van der Waals surface area contributed by atoms with Gasteiger partial charge >= 0.3 is 12.0 Å². The lowest BCUT2D eigenvalue weighted by Gasteiger charge is -2.23. The van der Waals surface area contributed by atoms with E-state index in [-0.39, 0.29) is 5.92 Å². The lowest BCUT2D eigenvalue weighted by atomic mass is 9.92. The Morgan fingerprint density at radius 1 is 1.31 bits per heavy atom. The second kappa shape index (κ2) is 6.44. The number of aryl methyl sites for hydroxylation is 1. The van der Waals surface area contributed by atoms with E-state index in [0.717, 1.165) is 16.0 Å². The molecule has 8 heteroatoms. The minimum Gasteiger partial charge on any atom is -0.480 e. The van der Waals surface area contributed by atoms with Crippen LogP contribution in [0, 0.1) is 5.92 Å². The number of carbonyl (C=O) groups excluding carboxylic acids is 3. The Morgan fingerprint density at radius 3 is 2.65 bits per heavy atom. The average molecular weight is 359 g/mol. The Balaban J connectivity index is 1.77. The molecule has 3 rings (SSSR count). The zero-order valence-corrected chi connectivity index (χ0v) is 14.6. The summed E-state index contributed by atoms with van der Waals surface area (Å²) in [6.45, 7) is 2.82. The minimum atomic E-state index is -1.16. The molecule has 1 unspecified atom stereocenters. The van der Waals surface area contributed by atoms with E-state index in [0.29, 0.717) is 12.8 Å². The maximum atomic E-state index is 12.9. The summed E-state index contributed by atoms with van der Waals surface area (Å²) in [5.74, 6) is -2.64. The van der Waals surface area contributed by atoms with Crippen molar-refractivity contribution in [2.24, 2.45) is 5.92 Å². The van der Waals surface area contributed by atoms with Crippen LogP contribution in [0.15, 0.2) is 24.3 Å². The Bertz CT molecular complexity index is 791. The van der Waals surface area contributed by atoms with E-state index in [1.54, 1.807) is 19.9 Å². The van der Waals surface area contributed by atoms with Crippen LogP contribution in [0.3, 0.4) is 0 Å². The van der Waals surface area contributed by atoms with Gasteiger partial charge in [-0.05, 0) is 29.9 Å². The van der Waals surface area contributed by atoms with Gasteiger partial charge in [0.2, 0.25) is 5.91 Å². The van der Waals surface area contributed by atoms with Crippen molar-refractivity contribution < 1.29 is 24.3 Å². The molecule has 4 amide bonds. The first kappa shape index (κ1) is 17.9. The van der Waals surface area contributed by atoms with Gasteiger partial charge in [0.1, 0.15) is 18.1 Å². The first-order chi connectivity index (χ1) is 12.3. The lowest BCUT2D eigenvalue weighted by molar-refractivity contribution is -0.143. The third kappa shape index (κ3) is 2.81. The van der Waals surface area contributed by atoms with Crippen molar-refractivity contribution >= 4 is 23.8 Å². The molecule has 1 spiro atoms. The Kier molecular flexibility index (Phi) is 4.43.